The molecule has 1 N–H and O–H groups in total. The van der Waals surface area contributed by atoms with Crippen molar-refractivity contribution in [3.8, 4) is 5.75 Å². The molecule has 0 saturated heterocycles. The molecule has 0 fully saturated rings. The van der Waals surface area contributed by atoms with Crippen molar-refractivity contribution in [2.45, 2.75) is 33.3 Å². The third-order valence-electron chi connectivity index (χ3n) is 3.63. The van der Waals surface area contributed by atoms with E-state index in [4.69, 9.17) is 4.74 Å². The number of nitro benzene ring substituents is 1. The maximum atomic E-state index is 12.5. The maximum Gasteiger partial charge on any atom is 0.293 e. The zero-order chi connectivity index (χ0) is 17.7. The molecular formula is C18H20N2O4. The minimum Gasteiger partial charge on any atom is -0.480 e. The fourth-order valence-corrected chi connectivity index (χ4v) is 2.28. The number of nitrogens with one attached hydrogen (secondary N) is 1. The zero-order valence-electron chi connectivity index (χ0n) is 13.9. The second kappa shape index (κ2) is 7.59. The molecule has 0 aliphatic heterocycles. The lowest BCUT2D eigenvalue weighted by atomic mass is 10.1. The van der Waals surface area contributed by atoms with Gasteiger partial charge in [0.15, 0.2) is 6.10 Å². The summed E-state index contributed by atoms with van der Waals surface area (Å²) in [4.78, 5) is 23.1. The van der Waals surface area contributed by atoms with E-state index >= 15 is 0 Å². The third-order valence-corrected chi connectivity index (χ3v) is 3.63. The summed E-state index contributed by atoms with van der Waals surface area (Å²) in [5.74, 6) is 0.214. The molecule has 1 amide bonds. The average Bonchev–Trinajstić information content (AvgIpc) is 2.55. The second-order valence-electron chi connectivity index (χ2n) is 5.55. The molecule has 2 aromatic rings. The third kappa shape index (κ3) is 4.10. The second-order valence-corrected chi connectivity index (χ2v) is 5.55. The lowest BCUT2D eigenvalue weighted by Gasteiger charge is -2.18. The number of nitrogens with zero attached hydrogens (tertiary/aromatic N) is 1. The first-order valence-corrected chi connectivity index (χ1v) is 7.70. The molecular weight excluding hydrogens is 308 g/mol. The Labute approximate surface area is 140 Å². The molecule has 0 aliphatic carbocycles. The van der Waals surface area contributed by atoms with Crippen molar-refractivity contribution in [2.24, 2.45) is 0 Å². The standard InChI is InChI=1S/C18H20N2O4/c1-4-16(24-17-8-6-5-7-13(17)3)18(21)19-14-10-9-12(2)11-15(14)20(22)23/h5-11,16H,4H2,1-3H3,(H,19,21). The van der Waals surface area contributed by atoms with Gasteiger partial charge in [-0.15, -0.1) is 0 Å². The molecule has 2 rings (SSSR count). The molecule has 0 bridgehead atoms. The Morgan fingerprint density at radius 2 is 1.96 bits per heavy atom. The number of rotatable bonds is 6. The minimum absolute atomic E-state index is 0.130. The number of aryl methyl sites for hydroxylation is 2. The van der Waals surface area contributed by atoms with Crippen LogP contribution in [0.4, 0.5) is 11.4 Å². The highest BCUT2D eigenvalue weighted by Crippen LogP contribution is 2.26. The van der Waals surface area contributed by atoms with E-state index in [-0.39, 0.29) is 11.4 Å². The van der Waals surface area contributed by atoms with Gasteiger partial charge in [-0.3, -0.25) is 14.9 Å². The Hall–Kier alpha value is -2.89. The summed E-state index contributed by atoms with van der Waals surface area (Å²) in [5, 5.41) is 13.8. The highest BCUT2D eigenvalue weighted by atomic mass is 16.6. The number of amides is 1. The Bertz CT molecular complexity index is 758. The normalized spacial score (nSPS) is 11.6. The highest BCUT2D eigenvalue weighted by molar-refractivity contribution is 5.96. The summed E-state index contributed by atoms with van der Waals surface area (Å²) in [5.41, 5.74) is 1.71. The van der Waals surface area contributed by atoms with Crippen molar-refractivity contribution in [2.75, 3.05) is 5.32 Å². The van der Waals surface area contributed by atoms with Gasteiger partial charge in [0.25, 0.3) is 11.6 Å². The van der Waals surface area contributed by atoms with Crippen LogP contribution >= 0.6 is 0 Å². The Kier molecular flexibility index (Phi) is 5.52. The summed E-state index contributed by atoms with van der Waals surface area (Å²) in [6, 6.07) is 12.1. The number of carbonyl (C=O) groups is 1. The van der Waals surface area contributed by atoms with Gasteiger partial charge in [0, 0.05) is 6.07 Å². The number of hydrogen-bond donors (Lipinski definition) is 1. The number of hydrogen-bond acceptors (Lipinski definition) is 4. The monoisotopic (exact) mass is 328 g/mol. The number of anilines is 1. The summed E-state index contributed by atoms with van der Waals surface area (Å²) in [7, 11) is 0. The van der Waals surface area contributed by atoms with Gasteiger partial charge in [0.2, 0.25) is 0 Å². The van der Waals surface area contributed by atoms with E-state index in [1.54, 1.807) is 19.1 Å². The van der Waals surface area contributed by atoms with E-state index in [0.29, 0.717) is 12.2 Å². The molecule has 0 heterocycles. The van der Waals surface area contributed by atoms with Crippen molar-refractivity contribution >= 4 is 17.3 Å². The molecule has 126 valence electrons. The summed E-state index contributed by atoms with van der Waals surface area (Å²) >= 11 is 0. The van der Waals surface area contributed by atoms with Crippen LogP contribution in [0, 0.1) is 24.0 Å². The molecule has 0 radical (unpaired) electrons. The van der Waals surface area contributed by atoms with Crippen LogP contribution in [0.3, 0.4) is 0 Å². The fourth-order valence-electron chi connectivity index (χ4n) is 2.28. The van der Waals surface area contributed by atoms with Gasteiger partial charge in [-0.25, -0.2) is 0 Å². The first kappa shape index (κ1) is 17.5. The summed E-state index contributed by atoms with van der Waals surface area (Å²) in [6.45, 7) is 5.48. The lowest BCUT2D eigenvalue weighted by molar-refractivity contribution is -0.384. The van der Waals surface area contributed by atoms with Crippen molar-refractivity contribution in [1.82, 2.24) is 0 Å². The molecule has 24 heavy (non-hydrogen) atoms. The average molecular weight is 328 g/mol. The van der Waals surface area contributed by atoms with Gasteiger partial charge in [0.05, 0.1) is 4.92 Å². The van der Waals surface area contributed by atoms with Gasteiger partial charge < -0.3 is 10.1 Å². The lowest BCUT2D eigenvalue weighted by Crippen LogP contribution is -2.32. The number of benzene rings is 2. The van der Waals surface area contributed by atoms with E-state index in [2.05, 4.69) is 5.32 Å². The Morgan fingerprint density at radius 1 is 1.25 bits per heavy atom. The van der Waals surface area contributed by atoms with Crippen LogP contribution in [0.25, 0.3) is 0 Å². The zero-order valence-corrected chi connectivity index (χ0v) is 13.9. The quantitative estimate of drug-likeness (QED) is 0.641. The van der Waals surface area contributed by atoms with Crippen LogP contribution in [-0.2, 0) is 4.79 Å². The molecule has 2 aromatic carbocycles. The molecule has 0 aliphatic rings. The van der Waals surface area contributed by atoms with Gasteiger partial charge in [-0.05, 0) is 43.5 Å². The van der Waals surface area contributed by atoms with Crippen LogP contribution in [0.2, 0.25) is 0 Å². The molecule has 0 aromatic heterocycles. The Balaban J connectivity index is 2.18. The maximum absolute atomic E-state index is 12.5. The predicted molar refractivity (Wildman–Crippen MR) is 92.3 cm³/mol. The number of nitro groups is 1. The summed E-state index contributed by atoms with van der Waals surface area (Å²) < 4.78 is 5.77. The molecule has 0 saturated carbocycles. The van der Waals surface area contributed by atoms with E-state index < -0.39 is 16.9 Å². The minimum atomic E-state index is -0.730. The van der Waals surface area contributed by atoms with E-state index in [0.717, 1.165) is 11.1 Å². The molecule has 0 spiro atoms. The van der Waals surface area contributed by atoms with E-state index in [9.17, 15) is 14.9 Å². The van der Waals surface area contributed by atoms with E-state index in [1.165, 1.54) is 12.1 Å². The molecule has 6 nitrogen and oxygen atoms in total. The first-order valence-electron chi connectivity index (χ1n) is 7.70. The van der Waals surface area contributed by atoms with Gasteiger partial charge in [-0.2, -0.15) is 0 Å². The van der Waals surface area contributed by atoms with Crippen LogP contribution in [-0.4, -0.2) is 16.9 Å². The van der Waals surface area contributed by atoms with Crippen molar-refractivity contribution in [1.29, 1.82) is 0 Å². The molecule has 1 atom stereocenters. The molecule has 1 unspecified atom stereocenters. The predicted octanol–water partition coefficient (Wildman–Crippen LogP) is 4.01. The fraction of sp³-hybridized carbons (Fsp3) is 0.278. The van der Waals surface area contributed by atoms with E-state index in [1.807, 2.05) is 32.0 Å². The SMILES string of the molecule is CCC(Oc1ccccc1C)C(=O)Nc1ccc(C)cc1[N+](=O)[O-]. The smallest absolute Gasteiger partial charge is 0.293 e. The van der Waals surface area contributed by atoms with Gasteiger partial charge in [-0.1, -0.05) is 31.2 Å². The largest absolute Gasteiger partial charge is 0.480 e. The van der Waals surface area contributed by atoms with Crippen molar-refractivity contribution < 1.29 is 14.5 Å². The van der Waals surface area contributed by atoms with Crippen LogP contribution in [0.1, 0.15) is 24.5 Å². The van der Waals surface area contributed by atoms with Crippen LogP contribution in [0.15, 0.2) is 42.5 Å². The van der Waals surface area contributed by atoms with Crippen LogP contribution in [0.5, 0.6) is 5.75 Å². The highest BCUT2D eigenvalue weighted by Gasteiger charge is 2.23. The van der Waals surface area contributed by atoms with Crippen molar-refractivity contribution in [3.05, 3.63) is 63.7 Å². The van der Waals surface area contributed by atoms with Crippen molar-refractivity contribution in [3.63, 3.8) is 0 Å². The summed E-state index contributed by atoms with van der Waals surface area (Å²) in [6.07, 6.45) is -0.285. The first-order chi connectivity index (χ1) is 11.4. The number of para-hydroxylation sites is 1. The Morgan fingerprint density at radius 3 is 2.58 bits per heavy atom. The number of carbonyl (C=O) groups excluding carboxylic acids is 1. The van der Waals surface area contributed by atoms with Gasteiger partial charge >= 0.3 is 0 Å². The number of ether oxygens (including phenoxy) is 1. The van der Waals surface area contributed by atoms with Crippen LogP contribution < -0.4 is 10.1 Å². The van der Waals surface area contributed by atoms with Gasteiger partial charge in [0.1, 0.15) is 11.4 Å². The topological polar surface area (TPSA) is 81.5 Å². The molecule has 6 heteroatoms.